The summed E-state index contributed by atoms with van der Waals surface area (Å²) in [5.41, 5.74) is 1.97. The number of aryl methyl sites for hydroxylation is 2. The van der Waals surface area contributed by atoms with Crippen molar-refractivity contribution in [3.63, 3.8) is 0 Å². The lowest BCUT2D eigenvalue weighted by molar-refractivity contribution is 0.0948. The molecule has 0 spiro atoms. The Morgan fingerprint density at radius 3 is 2.68 bits per heavy atom. The van der Waals surface area contributed by atoms with Crippen LogP contribution in [0.15, 0.2) is 28.8 Å². The molecule has 1 aromatic heterocycles. The minimum absolute atomic E-state index is 0.222. The SMILES string of the molecule is CCc1noc(C)c1C(=O)NCc1ccc(F)cc1. The summed E-state index contributed by atoms with van der Waals surface area (Å²) in [5, 5.41) is 6.61. The van der Waals surface area contributed by atoms with Crippen molar-refractivity contribution in [3.8, 4) is 0 Å². The highest BCUT2D eigenvalue weighted by Gasteiger charge is 2.18. The number of halogens is 1. The summed E-state index contributed by atoms with van der Waals surface area (Å²) in [4.78, 5) is 12.1. The second-order valence-corrected chi connectivity index (χ2v) is 4.22. The number of benzene rings is 1. The van der Waals surface area contributed by atoms with Crippen LogP contribution in [0.25, 0.3) is 0 Å². The van der Waals surface area contributed by atoms with Crippen LogP contribution in [0.5, 0.6) is 0 Å². The van der Waals surface area contributed by atoms with Crippen molar-refractivity contribution in [2.45, 2.75) is 26.8 Å². The van der Waals surface area contributed by atoms with Gasteiger partial charge in [-0.2, -0.15) is 0 Å². The van der Waals surface area contributed by atoms with E-state index in [0.29, 0.717) is 30.0 Å². The van der Waals surface area contributed by atoms with Crippen molar-refractivity contribution >= 4 is 5.91 Å². The van der Waals surface area contributed by atoms with Gasteiger partial charge in [0.15, 0.2) is 0 Å². The number of carbonyl (C=O) groups is 1. The lowest BCUT2D eigenvalue weighted by Crippen LogP contribution is -2.24. The first-order chi connectivity index (χ1) is 9.11. The van der Waals surface area contributed by atoms with Crippen LogP contribution in [0.3, 0.4) is 0 Å². The number of carbonyl (C=O) groups excluding carboxylic acids is 1. The number of nitrogens with one attached hydrogen (secondary N) is 1. The molecule has 1 N–H and O–H groups in total. The second-order valence-electron chi connectivity index (χ2n) is 4.22. The Morgan fingerprint density at radius 1 is 1.37 bits per heavy atom. The van der Waals surface area contributed by atoms with E-state index in [2.05, 4.69) is 10.5 Å². The highest BCUT2D eigenvalue weighted by molar-refractivity contribution is 5.96. The molecular weight excluding hydrogens is 247 g/mol. The molecule has 0 aliphatic heterocycles. The first-order valence-electron chi connectivity index (χ1n) is 6.09. The molecular formula is C14H15FN2O2. The van der Waals surface area contributed by atoms with E-state index < -0.39 is 0 Å². The maximum atomic E-state index is 12.8. The number of nitrogens with zero attached hydrogens (tertiary/aromatic N) is 1. The Hall–Kier alpha value is -2.17. The van der Waals surface area contributed by atoms with Crippen LogP contribution in [-0.2, 0) is 13.0 Å². The van der Waals surface area contributed by atoms with Gasteiger partial charge in [0.25, 0.3) is 5.91 Å². The van der Waals surface area contributed by atoms with Gasteiger partial charge in [-0.25, -0.2) is 4.39 Å². The number of hydrogen-bond acceptors (Lipinski definition) is 3. The van der Waals surface area contributed by atoms with Gasteiger partial charge in [0.2, 0.25) is 0 Å². The van der Waals surface area contributed by atoms with E-state index in [1.165, 1.54) is 12.1 Å². The molecule has 0 aliphatic carbocycles. The Kier molecular flexibility index (Phi) is 3.94. The van der Waals surface area contributed by atoms with E-state index in [-0.39, 0.29) is 11.7 Å². The summed E-state index contributed by atoms with van der Waals surface area (Å²) in [6.07, 6.45) is 0.636. The molecule has 0 atom stereocenters. The molecule has 0 fully saturated rings. The summed E-state index contributed by atoms with van der Waals surface area (Å²) in [6.45, 7) is 3.96. The van der Waals surface area contributed by atoms with Gasteiger partial charge in [-0.1, -0.05) is 24.2 Å². The second kappa shape index (κ2) is 5.65. The van der Waals surface area contributed by atoms with E-state index in [9.17, 15) is 9.18 Å². The lowest BCUT2D eigenvalue weighted by Gasteiger charge is -2.05. The fourth-order valence-corrected chi connectivity index (χ4v) is 1.82. The van der Waals surface area contributed by atoms with Crippen LogP contribution in [0.2, 0.25) is 0 Å². The summed E-state index contributed by atoms with van der Waals surface area (Å²) < 4.78 is 17.8. The Bertz CT molecular complexity index is 576. The minimum atomic E-state index is -0.293. The summed E-state index contributed by atoms with van der Waals surface area (Å²) in [6, 6.07) is 6.00. The average molecular weight is 262 g/mol. The van der Waals surface area contributed by atoms with Gasteiger partial charge in [-0.15, -0.1) is 0 Å². The third kappa shape index (κ3) is 2.99. The van der Waals surface area contributed by atoms with E-state index in [1.54, 1.807) is 19.1 Å². The van der Waals surface area contributed by atoms with Crippen LogP contribution in [0.1, 0.15) is 34.3 Å². The molecule has 5 heteroatoms. The Balaban J connectivity index is 2.05. The van der Waals surface area contributed by atoms with Gasteiger partial charge < -0.3 is 9.84 Å². The van der Waals surface area contributed by atoms with Gasteiger partial charge in [0.05, 0.1) is 5.69 Å². The van der Waals surface area contributed by atoms with Gasteiger partial charge in [-0.3, -0.25) is 4.79 Å². The van der Waals surface area contributed by atoms with Crippen molar-refractivity contribution < 1.29 is 13.7 Å². The number of amides is 1. The van der Waals surface area contributed by atoms with Crippen molar-refractivity contribution in [2.24, 2.45) is 0 Å². The normalized spacial score (nSPS) is 10.5. The zero-order valence-corrected chi connectivity index (χ0v) is 10.9. The fraction of sp³-hybridized carbons (Fsp3) is 0.286. The zero-order valence-electron chi connectivity index (χ0n) is 10.9. The fourth-order valence-electron chi connectivity index (χ4n) is 1.82. The lowest BCUT2D eigenvalue weighted by atomic mass is 10.1. The number of hydrogen-bond donors (Lipinski definition) is 1. The molecule has 4 nitrogen and oxygen atoms in total. The highest BCUT2D eigenvalue weighted by Crippen LogP contribution is 2.14. The van der Waals surface area contributed by atoms with Crippen LogP contribution in [0, 0.1) is 12.7 Å². The molecule has 0 aliphatic rings. The molecule has 1 amide bonds. The Morgan fingerprint density at radius 2 is 2.05 bits per heavy atom. The van der Waals surface area contributed by atoms with Gasteiger partial charge in [0, 0.05) is 6.54 Å². The number of aromatic nitrogens is 1. The maximum Gasteiger partial charge on any atom is 0.257 e. The quantitative estimate of drug-likeness (QED) is 0.921. The molecule has 0 saturated carbocycles. The minimum Gasteiger partial charge on any atom is -0.361 e. The van der Waals surface area contributed by atoms with E-state index >= 15 is 0 Å². The smallest absolute Gasteiger partial charge is 0.257 e. The first kappa shape index (κ1) is 13.3. The monoisotopic (exact) mass is 262 g/mol. The van der Waals surface area contributed by atoms with Crippen LogP contribution >= 0.6 is 0 Å². The molecule has 0 unspecified atom stereocenters. The standard InChI is InChI=1S/C14H15FN2O2/c1-3-12-13(9(2)19-17-12)14(18)16-8-10-4-6-11(15)7-5-10/h4-7H,3,8H2,1-2H3,(H,16,18). The zero-order chi connectivity index (χ0) is 13.8. The molecule has 1 heterocycles. The first-order valence-corrected chi connectivity index (χ1v) is 6.09. The van der Waals surface area contributed by atoms with Crippen LogP contribution in [-0.4, -0.2) is 11.1 Å². The summed E-state index contributed by atoms with van der Waals surface area (Å²) in [7, 11) is 0. The van der Waals surface area contributed by atoms with Gasteiger partial charge in [0.1, 0.15) is 17.1 Å². The predicted octanol–water partition coefficient (Wildman–Crippen LogP) is 2.61. The third-order valence-electron chi connectivity index (χ3n) is 2.86. The molecule has 2 rings (SSSR count). The van der Waals surface area contributed by atoms with Crippen LogP contribution < -0.4 is 5.32 Å². The van der Waals surface area contributed by atoms with Crippen LogP contribution in [0.4, 0.5) is 4.39 Å². The molecule has 0 saturated heterocycles. The Labute approximate surface area is 110 Å². The number of rotatable bonds is 4. The molecule has 0 bridgehead atoms. The molecule has 0 radical (unpaired) electrons. The van der Waals surface area contributed by atoms with E-state index in [0.717, 1.165) is 5.56 Å². The maximum absolute atomic E-state index is 12.8. The van der Waals surface area contributed by atoms with Gasteiger partial charge >= 0.3 is 0 Å². The highest BCUT2D eigenvalue weighted by atomic mass is 19.1. The van der Waals surface area contributed by atoms with Crippen molar-refractivity contribution in [2.75, 3.05) is 0 Å². The van der Waals surface area contributed by atoms with E-state index in [1.807, 2.05) is 6.92 Å². The summed E-state index contributed by atoms with van der Waals surface area (Å²) >= 11 is 0. The predicted molar refractivity (Wildman–Crippen MR) is 68.2 cm³/mol. The van der Waals surface area contributed by atoms with Gasteiger partial charge in [-0.05, 0) is 31.0 Å². The molecule has 100 valence electrons. The average Bonchev–Trinajstić information content (AvgIpc) is 2.79. The molecule has 2 aromatic rings. The topological polar surface area (TPSA) is 55.1 Å². The third-order valence-corrected chi connectivity index (χ3v) is 2.86. The summed E-state index contributed by atoms with van der Waals surface area (Å²) in [5.74, 6) is -0.00777. The van der Waals surface area contributed by atoms with Crippen molar-refractivity contribution in [3.05, 3.63) is 52.7 Å². The molecule has 19 heavy (non-hydrogen) atoms. The molecule has 1 aromatic carbocycles. The largest absolute Gasteiger partial charge is 0.361 e. The van der Waals surface area contributed by atoms with Crippen molar-refractivity contribution in [1.82, 2.24) is 10.5 Å². The van der Waals surface area contributed by atoms with E-state index in [4.69, 9.17) is 4.52 Å². The van der Waals surface area contributed by atoms with Crippen molar-refractivity contribution in [1.29, 1.82) is 0 Å².